The number of benzene rings is 2. The summed E-state index contributed by atoms with van der Waals surface area (Å²) >= 11 is 6.32. The Morgan fingerprint density at radius 1 is 1.07 bits per heavy atom. The first-order valence-electron chi connectivity index (χ1n) is 8.63. The van der Waals surface area contributed by atoms with E-state index in [2.05, 4.69) is 15.3 Å². The number of amides is 1. The van der Waals surface area contributed by atoms with E-state index in [-0.39, 0.29) is 5.91 Å². The van der Waals surface area contributed by atoms with Crippen molar-refractivity contribution in [3.05, 3.63) is 58.3 Å². The van der Waals surface area contributed by atoms with E-state index in [0.717, 1.165) is 44.9 Å². The van der Waals surface area contributed by atoms with Gasteiger partial charge in [-0.1, -0.05) is 36.1 Å². The van der Waals surface area contributed by atoms with Crippen LogP contribution >= 0.6 is 24.0 Å². The highest BCUT2D eigenvalue weighted by atomic mass is 32.2. The monoisotopic (exact) mass is 407 g/mol. The van der Waals surface area contributed by atoms with Crippen molar-refractivity contribution in [3.63, 3.8) is 0 Å². The second-order valence-electron chi connectivity index (χ2n) is 6.41. The summed E-state index contributed by atoms with van der Waals surface area (Å²) < 4.78 is 6.03. The standard InChI is InChI=1S/C21H17N3O2S2/c1-11-12(2)23-17-10-14(5-6-16(17)22-11)15-8-13(4-7-18(15)26-3)9-19-20(25)24-21(27)28-19/h4-10H,1-3H3,(H,24,25,27)/b19-9-. The molecule has 0 unspecified atom stereocenters. The molecule has 1 amide bonds. The number of fused-ring (bicyclic) bond motifs is 1. The maximum Gasteiger partial charge on any atom is 0.263 e. The van der Waals surface area contributed by atoms with Crippen LogP contribution in [0, 0.1) is 13.8 Å². The topological polar surface area (TPSA) is 64.1 Å². The zero-order valence-electron chi connectivity index (χ0n) is 15.6. The van der Waals surface area contributed by atoms with Crippen molar-refractivity contribution in [1.82, 2.24) is 15.3 Å². The van der Waals surface area contributed by atoms with Gasteiger partial charge in [-0.05, 0) is 55.3 Å². The first-order valence-corrected chi connectivity index (χ1v) is 9.85. The molecule has 0 saturated carbocycles. The average Bonchev–Trinajstić information content (AvgIpc) is 2.99. The fraction of sp³-hybridized carbons (Fsp3) is 0.143. The third-order valence-corrected chi connectivity index (χ3v) is 5.71. The SMILES string of the molecule is COc1ccc(/C=C2\SC(=S)NC2=O)cc1-c1ccc2nc(C)c(C)nc2c1. The molecule has 0 aliphatic carbocycles. The minimum Gasteiger partial charge on any atom is -0.496 e. The van der Waals surface area contributed by atoms with Crippen molar-refractivity contribution in [2.24, 2.45) is 0 Å². The number of carbonyl (C=O) groups excluding carboxylic acids is 1. The lowest BCUT2D eigenvalue weighted by molar-refractivity contribution is -0.115. The fourth-order valence-corrected chi connectivity index (χ4v) is 4.06. The highest BCUT2D eigenvalue weighted by Crippen LogP contribution is 2.34. The molecular formula is C21H17N3O2S2. The Morgan fingerprint density at radius 2 is 1.82 bits per heavy atom. The van der Waals surface area contributed by atoms with Crippen LogP contribution in [-0.4, -0.2) is 27.3 Å². The quantitative estimate of drug-likeness (QED) is 0.512. The van der Waals surface area contributed by atoms with Crippen LogP contribution in [-0.2, 0) is 4.79 Å². The first kappa shape index (κ1) is 18.6. The summed E-state index contributed by atoms with van der Waals surface area (Å²) in [6, 6.07) is 11.8. The van der Waals surface area contributed by atoms with Crippen LogP contribution < -0.4 is 10.1 Å². The molecule has 1 aliphatic rings. The number of nitrogens with zero attached hydrogens (tertiary/aromatic N) is 2. The lowest BCUT2D eigenvalue weighted by Crippen LogP contribution is -2.17. The van der Waals surface area contributed by atoms with Crippen LogP contribution in [0.15, 0.2) is 41.3 Å². The summed E-state index contributed by atoms with van der Waals surface area (Å²) in [5.74, 6) is 0.580. The van der Waals surface area contributed by atoms with Crippen molar-refractivity contribution in [2.75, 3.05) is 7.11 Å². The number of carbonyl (C=O) groups is 1. The first-order chi connectivity index (χ1) is 13.4. The van der Waals surface area contributed by atoms with Gasteiger partial charge in [0, 0.05) is 5.56 Å². The average molecular weight is 408 g/mol. The van der Waals surface area contributed by atoms with Gasteiger partial charge in [0.2, 0.25) is 0 Å². The van der Waals surface area contributed by atoms with Crippen LogP contribution in [0.1, 0.15) is 17.0 Å². The van der Waals surface area contributed by atoms with E-state index in [9.17, 15) is 4.79 Å². The van der Waals surface area contributed by atoms with Crippen LogP contribution in [0.3, 0.4) is 0 Å². The number of rotatable bonds is 3. The van der Waals surface area contributed by atoms with Crippen molar-refractivity contribution in [1.29, 1.82) is 0 Å². The molecule has 1 fully saturated rings. The van der Waals surface area contributed by atoms with Gasteiger partial charge in [-0.3, -0.25) is 4.79 Å². The van der Waals surface area contributed by atoms with Gasteiger partial charge in [0.05, 0.1) is 34.4 Å². The highest BCUT2D eigenvalue weighted by molar-refractivity contribution is 8.26. The molecule has 0 radical (unpaired) electrons. The number of thiocarbonyl (C=S) groups is 1. The Morgan fingerprint density at radius 3 is 2.50 bits per heavy atom. The third-order valence-electron chi connectivity index (χ3n) is 4.55. The molecule has 0 spiro atoms. The van der Waals surface area contributed by atoms with Gasteiger partial charge in [-0.2, -0.15) is 0 Å². The second kappa shape index (κ2) is 7.33. The molecule has 5 nitrogen and oxygen atoms in total. The number of thioether (sulfide) groups is 1. The summed E-state index contributed by atoms with van der Waals surface area (Å²) in [4.78, 5) is 21.8. The van der Waals surface area contributed by atoms with Crippen molar-refractivity contribution < 1.29 is 9.53 Å². The number of ether oxygens (including phenoxy) is 1. The van der Waals surface area contributed by atoms with E-state index < -0.39 is 0 Å². The molecule has 0 bridgehead atoms. The second-order valence-corrected chi connectivity index (χ2v) is 8.13. The van der Waals surface area contributed by atoms with Gasteiger partial charge in [0.25, 0.3) is 5.91 Å². The number of hydrogen-bond donors (Lipinski definition) is 1. The minimum absolute atomic E-state index is 0.167. The zero-order valence-corrected chi connectivity index (χ0v) is 17.2. The summed E-state index contributed by atoms with van der Waals surface area (Å²) in [5, 5.41) is 2.63. The molecule has 140 valence electrons. The van der Waals surface area contributed by atoms with Gasteiger partial charge in [-0.25, -0.2) is 9.97 Å². The number of nitrogens with one attached hydrogen (secondary N) is 1. The molecule has 4 rings (SSSR count). The summed E-state index contributed by atoms with van der Waals surface area (Å²) in [5.41, 5.74) is 6.32. The van der Waals surface area contributed by atoms with E-state index in [0.29, 0.717) is 9.23 Å². The van der Waals surface area contributed by atoms with Gasteiger partial charge >= 0.3 is 0 Å². The van der Waals surface area contributed by atoms with Gasteiger partial charge < -0.3 is 10.1 Å². The molecule has 1 saturated heterocycles. The van der Waals surface area contributed by atoms with E-state index in [1.807, 2.05) is 56.3 Å². The van der Waals surface area contributed by atoms with Gasteiger partial charge in [-0.15, -0.1) is 0 Å². The number of aryl methyl sites for hydroxylation is 2. The normalized spacial score (nSPS) is 15.3. The zero-order chi connectivity index (χ0) is 19.8. The predicted octanol–water partition coefficient (Wildman–Crippen LogP) is 4.41. The van der Waals surface area contributed by atoms with E-state index in [4.69, 9.17) is 17.0 Å². The van der Waals surface area contributed by atoms with E-state index in [1.165, 1.54) is 11.8 Å². The van der Waals surface area contributed by atoms with Crippen LogP contribution in [0.25, 0.3) is 28.2 Å². The molecule has 2 aromatic carbocycles. The van der Waals surface area contributed by atoms with Crippen LogP contribution in [0.2, 0.25) is 0 Å². The fourth-order valence-electron chi connectivity index (χ4n) is 3.01. The predicted molar refractivity (Wildman–Crippen MR) is 117 cm³/mol. The molecule has 0 atom stereocenters. The Balaban J connectivity index is 1.81. The molecule has 1 N–H and O–H groups in total. The summed E-state index contributed by atoms with van der Waals surface area (Å²) in [6.45, 7) is 3.91. The van der Waals surface area contributed by atoms with Crippen LogP contribution in [0.4, 0.5) is 0 Å². The largest absolute Gasteiger partial charge is 0.496 e. The van der Waals surface area contributed by atoms with Crippen molar-refractivity contribution in [3.8, 4) is 16.9 Å². The Bertz CT molecular complexity index is 1170. The minimum atomic E-state index is -0.167. The highest BCUT2D eigenvalue weighted by Gasteiger charge is 2.22. The summed E-state index contributed by atoms with van der Waals surface area (Å²) in [7, 11) is 1.64. The van der Waals surface area contributed by atoms with Gasteiger partial charge in [0.15, 0.2) is 0 Å². The maximum absolute atomic E-state index is 11.9. The molecule has 28 heavy (non-hydrogen) atoms. The lowest BCUT2D eigenvalue weighted by Gasteiger charge is -2.11. The lowest BCUT2D eigenvalue weighted by atomic mass is 10.0. The molecule has 1 aliphatic heterocycles. The smallest absolute Gasteiger partial charge is 0.263 e. The molecular weight excluding hydrogens is 390 g/mol. The summed E-state index contributed by atoms with van der Waals surface area (Å²) in [6.07, 6.45) is 1.83. The Hall–Kier alpha value is -2.77. The van der Waals surface area contributed by atoms with Crippen LogP contribution in [0.5, 0.6) is 5.75 Å². The Kier molecular flexibility index (Phi) is 4.87. The molecule has 1 aromatic heterocycles. The van der Waals surface area contributed by atoms with Crippen molar-refractivity contribution >= 4 is 51.3 Å². The maximum atomic E-state index is 11.9. The van der Waals surface area contributed by atoms with Crippen molar-refractivity contribution in [2.45, 2.75) is 13.8 Å². The molecule has 2 heterocycles. The molecule has 7 heteroatoms. The Labute approximate surface area is 172 Å². The number of aromatic nitrogens is 2. The number of hydrogen-bond acceptors (Lipinski definition) is 6. The molecule has 3 aromatic rings. The third kappa shape index (κ3) is 3.50. The van der Waals surface area contributed by atoms with E-state index >= 15 is 0 Å². The van der Waals surface area contributed by atoms with Gasteiger partial charge in [0.1, 0.15) is 10.1 Å². The number of methoxy groups -OCH3 is 1. The van der Waals surface area contributed by atoms with E-state index in [1.54, 1.807) is 7.11 Å².